The lowest BCUT2D eigenvalue weighted by molar-refractivity contribution is -0.873. The zero-order chi connectivity index (χ0) is 34.9. The summed E-state index contributed by atoms with van der Waals surface area (Å²) in [7, 11) is 6.02. The highest BCUT2D eigenvalue weighted by Gasteiger charge is 2.26. The van der Waals surface area contributed by atoms with Gasteiger partial charge < -0.3 is 24.3 Å². The van der Waals surface area contributed by atoms with Crippen LogP contribution in [0.1, 0.15) is 6.42 Å². The summed E-state index contributed by atoms with van der Waals surface area (Å²) >= 11 is 0. The molecule has 0 saturated carbocycles. The number of ether oxygens (including phenoxy) is 1. The van der Waals surface area contributed by atoms with Crippen molar-refractivity contribution in [1.29, 1.82) is 0 Å². The van der Waals surface area contributed by atoms with Crippen molar-refractivity contribution in [2.75, 3.05) is 27.7 Å². The van der Waals surface area contributed by atoms with Crippen LogP contribution < -0.4 is 4.74 Å². The maximum absolute atomic E-state index is 11.9. The molecule has 9 rings (SSSR count). The SMILES string of the molecule is C[N+](C)(C)C[C@@H](CC(=O)O)Oc1cccc2c3nc4nc(nc5[nH]c(nc6nc(nc([nH]3)c12)-c1ccccc1-6)c1ccccc51)-c1ccccc1-4. The van der Waals surface area contributed by atoms with Gasteiger partial charge in [-0.05, 0) is 6.07 Å². The van der Waals surface area contributed by atoms with E-state index < -0.39 is 12.1 Å². The molecule has 3 aromatic heterocycles. The third-order valence-electron chi connectivity index (χ3n) is 8.99. The van der Waals surface area contributed by atoms with Crippen LogP contribution >= 0.6 is 0 Å². The first kappa shape index (κ1) is 30.5. The Bertz CT molecular complexity index is 2720. The van der Waals surface area contributed by atoms with Crippen LogP contribution in [-0.2, 0) is 4.79 Å². The number of likely N-dealkylation sites (N-methyl/N-ethyl adjacent to an activating group) is 1. The van der Waals surface area contributed by atoms with Crippen LogP contribution in [0.5, 0.6) is 5.75 Å². The van der Waals surface area contributed by atoms with Gasteiger partial charge in [0.25, 0.3) is 0 Å². The van der Waals surface area contributed by atoms with E-state index in [1.807, 2.05) is 112 Å². The monoisotopic (exact) mass is 674 g/mol. The molecule has 2 aliphatic rings. The number of quaternary nitrogens is 1. The van der Waals surface area contributed by atoms with Crippen LogP contribution in [0.25, 0.3) is 89.7 Å². The van der Waals surface area contributed by atoms with E-state index in [9.17, 15) is 9.90 Å². The molecule has 51 heavy (non-hydrogen) atoms. The Morgan fingerprint density at radius 2 is 1.04 bits per heavy atom. The fraction of sp³-hybridized carbons (Fsp3) is 0.154. The number of nitrogens with one attached hydrogen (secondary N) is 2. The minimum atomic E-state index is -0.936. The predicted octanol–water partition coefficient (Wildman–Crippen LogP) is 6.80. The van der Waals surface area contributed by atoms with E-state index in [0.29, 0.717) is 68.0 Å². The summed E-state index contributed by atoms with van der Waals surface area (Å²) in [6.07, 6.45) is -0.767. The minimum Gasteiger partial charge on any atom is -0.483 e. The molecule has 8 bridgehead atoms. The highest BCUT2D eigenvalue weighted by atomic mass is 16.5. The number of benzene rings is 4. The first-order chi connectivity index (χ1) is 24.7. The first-order valence-corrected chi connectivity index (χ1v) is 16.6. The van der Waals surface area contributed by atoms with Crippen LogP contribution in [0.4, 0.5) is 0 Å². The van der Waals surface area contributed by atoms with Gasteiger partial charge in [-0.1, -0.05) is 84.9 Å². The predicted molar refractivity (Wildman–Crippen MR) is 196 cm³/mol. The topological polar surface area (TPSA) is 155 Å². The molecular weight excluding hydrogens is 642 g/mol. The van der Waals surface area contributed by atoms with Crippen molar-refractivity contribution in [3.8, 4) is 51.3 Å². The quantitative estimate of drug-likeness (QED) is 0.162. The number of aromatic amines is 2. The van der Waals surface area contributed by atoms with Gasteiger partial charge in [0.2, 0.25) is 0 Å². The molecule has 0 fully saturated rings. The maximum atomic E-state index is 11.9. The Balaban J connectivity index is 1.40. The number of carbonyl (C=O) groups is 1. The lowest BCUT2D eigenvalue weighted by atomic mass is 10.1. The number of aliphatic carboxylic acids is 1. The van der Waals surface area contributed by atoms with Gasteiger partial charge in [-0.15, -0.1) is 0 Å². The second-order valence-corrected chi connectivity index (χ2v) is 13.7. The van der Waals surface area contributed by atoms with Crippen LogP contribution in [0, 0.1) is 0 Å². The van der Waals surface area contributed by atoms with Gasteiger partial charge in [-0.25, -0.2) is 29.9 Å². The van der Waals surface area contributed by atoms with Crippen molar-refractivity contribution in [1.82, 2.24) is 39.9 Å². The average molecular weight is 675 g/mol. The van der Waals surface area contributed by atoms with Crippen molar-refractivity contribution in [2.24, 2.45) is 0 Å². The Morgan fingerprint density at radius 3 is 1.53 bits per heavy atom. The number of hydrogen-bond donors (Lipinski definition) is 3. The van der Waals surface area contributed by atoms with Crippen molar-refractivity contribution >= 4 is 50.1 Å². The third kappa shape index (κ3) is 5.42. The molecule has 0 radical (unpaired) electrons. The number of hydrogen-bond acceptors (Lipinski definition) is 8. The second kappa shape index (κ2) is 11.5. The number of aromatic nitrogens is 8. The minimum absolute atomic E-state index is 0.162. The van der Waals surface area contributed by atoms with Crippen LogP contribution in [0.15, 0.2) is 91.0 Å². The van der Waals surface area contributed by atoms with Gasteiger partial charge >= 0.3 is 5.97 Å². The largest absolute Gasteiger partial charge is 0.483 e. The van der Waals surface area contributed by atoms with E-state index in [1.54, 1.807) is 0 Å². The van der Waals surface area contributed by atoms with E-state index in [2.05, 4.69) is 9.97 Å². The molecule has 5 heterocycles. The number of rotatable bonds is 6. The summed E-state index contributed by atoms with van der Waals surface area (Å²) in [5, 5.41) is 13.0. The molecule has 0 spiro atoms. The van der Waals surface area contributed by atoms with Gasteiger partial charge in [0.1, 0.15) is 34.9 Å². The molecule has 0 aliphatic carbocycles. The van der Waals surface area contributed by atoms with Crippen LogP contribution in [-0.4, -0.2) is 89.2 Å². The standard InChI is InChI=1S/C39H31N9O3/c1-48(2,3)20-21(19-30(49)50)51-29-18-10-17-28-31(29)39-46-37-27-16-9-8-15-26(27)35(44-37)42-33-23-12-5-4-11-22(23)32(40-33)41-34-24-13-6-7-14-25(24)36(43-34)45-38(28)47-39/h4-18,21H,19-20H2,1-3H3,(H2-,40,41,42,43,44,45,46,47,49,50)/p+1/t21-/m1/s1. The molecule has 12 heteroatoms. The van der Waals surface area contributed by atoms with Crippen molar-refractivity contribution in [3.05, 3.63) is 91.0 Å². The second-order valence-electron chi connectivity index (χ2n) is 13.7. The molecule has 0 saturated heterocycles. The summed E-state index contributed by atoms with van der Waals surface area (Å²) in [6.45, 7) is 0.474. The third-order valence-corrected chi connectivity index (χ3v) is 8.99. The molecule has 0 unspecified atom stereocenters. The Hall–Kier alpha value is -6.53. The molecule has 4 aromatic carbocycles. The van der Waals surface area contributed by atoms with E-state index in [-0.39, 0.29) is 6.42 Å². The van der Waals surface area contributed by atoms with Crippen LogP contribution in [0.3, 0.4) is 0 Å². The number of carboxylic acid groups (broad SMARTS) is 1. The molecule has 1 atom stereocenters. The fourth-order valence-electron chi connectivity index (χ4n) is 6.89. The highest BCUT2D eigenvalue weighted by Crippen LogP contribution is 2.38. The maximum Gasteiger partial charge on any atom is 0.307 e. The summed E-state index contributed by atoms with van der Waals surface area (Å²) in [6, 6.07) is 29.4. The summed E-state index contributed by atoms with van der Waals surface area (Å²) < 4.78 is 7.08. The van der Waals surface area contributed by atoms with Crippen molar-refractivity contribution in [2.45, 2.75) is 12.5 Å². The van der Waals surface area contributed by atoms with Gasteiger partial charge in [0, 0.05) is 38.4 Å². The smallest absolute Gasteiger partial charge is 0.307 e. The Morgan fingerprint density at radius 1 is 0.608 bits per heavy atom. The zero-order valence-corrected chi connectivity index (χ0v) is 28.0. The molecule has 7 aromatic rings. The van der Waals surface area contributed by atoms with E-state index in [0.717, 1.165) is 38.4 Å². The lowest BCUT2D eigenvalue weighted by Gasteiger charge is -2.29. The average Bonchev–Trinajstić information content (AvgIpc) is 3.83. The van der Waals surface area contributed by atoms with Gasteiger partial charge in [-0.3, -0.25) is 4.79 Å². The number of fused-ring (bicyclic) bond motifs is 20. The highest BCUT2D eigenvalue weighted by molar-refractivity contribution is 6.09. The fourth-order valence-corrected chi connectivity index (χ4v) is 6.89. The first-order valence-electron chi connectivity index (χ1n) is 16.6. The molecule has 250 valence electrons. The molecule has 3 N–H and O–H groups in total. The molecular formula is C39H32N9O3+. The summed E-state index contributed by atoms with van der Waals surface area (Å²) in [4.78, 5) is 49.0. The van der Waals surface area contributed by atoms with E-state index in [1.165, 1.54) is 0 Å². The Labute approximate surface area is 291 Å². The molecule has 12 nitrogen and oxygen atoms in total. The summed E-state index contributed by atoms with van der Waals surface area (Å²) in [5.41, 5.74) is 5.60. The number of H-pyrrole nitrogens is 2. The molecule has 0 amide bonds. The van der Waals surface area contributed by atoms with Crippen molar-refractivity contribution < 1.29 is 19.1 Å². The van der Waals surface area contributed by atoms with E-state index in [4.69, 9.17) is 34.6 Å². The van der Waals surface area contributed by atoms with Crippen LogP contribution in [0.2, 0.25) is 0 Å². The lowest BCUT2D eigenvalue weighted by Crippen LogP contribution is -2.44. The van der Waals surface area contributed by atoms with Gasteiger partial charge in [0.05, 0.1) is 33.0 Å². The van der Waals surface area contributed by atoms with E-state index >= 15 is 0 Å². The van der Waals surface area contributed by atoms with Gasteiger partial charge in [0.15, 0.2) is 29.4 Å². The Kier molecular flexibility index (Phi) is 6.90. The number of carboxylic acids is 1. The van der Waals surface area contributed by atoms with Gasteiger partial charge in [-0.2, -0.15) is 0 Å². The molecule has 2 aliphatic heterocycles. The summed E-state index contributed by atoms with van der Waals surface area (Å²) in [5.74, 6) is 1.55. The zero-order valence-electron chi connectivity index (χ0n) is 28.0. The van der Waals surface area contributed by atoms with Crippen molar-refractivity contribution in [3.63, 3.8) is 0 Å². The normalized spacial score (nSPS) is 12.8. The number of nitrogens with zero attached hydrogens (tertiary/aromatic N) is 7.